The molecule has 0 bridgehead atoms. The average Bonchev–Trinajstić information content (AvgIpc) is 2.31. The van der Waals surface area contributed by atoms with Gasteiger partial charge in [-0.15, -0.1) is 0 Å². The molecule has 0 saturated heterocycles. The van der Waals surface area contributed by atoms with Gasteiger partial charge in [0.15, 0.2) is 0 Å². The zero-order valence-corrected chi connectivity index (χ0v) is 10.7. The van der Waals surface area contributed by atoms with Gasteiger partial charge in [-0.1, -0.05) is 35.3 Å². The van der Waals surface area contributed by atoms with Crippen molar-refractivity contribution < 1.29 is 4.74 Å². The predicted molar refractivity (Wildman–Crippen MR) is 67.6 cm³/mol. The first-order chi connectivity index (χ1) is 8.16. The summed E-state index contributed by atoms with van der Waals surface area (Å²) in [7, 11) is 0. The molecule has 1 heterocycles. The number of nitrogens with zero attached hydrogens (tertiary/aromatic N) is 2. The van der Waals surface area contributed by atoms with Gasteiger partial charge in [0.05, 0.1) is 0 Å². The van der Waals surface area contributed by atoms with Crippen LogP contribution in [0.15, 0.2) is 30.6 Å². The van der Waals surface area contributed by atoms with E-state index in [1.165, 1.54) is 6.33 Å². The number of hydrogen-bond donors (Lipinski definition) is 0. The second kappa shape index (κ2) is 5.34. The van der Waals surface area contributed by atoms with Crippen molar-refractivity contribution in [2.45, 2.75) is 13.5 Å². The van der Waals surface area contributed by atoms with Crippen LogP contribution in [0.2, 0.25) is 10.2 Å². The molecule has 0 aliphatic heterocycles. The molecule has 2 rings (SSSR count). The molecule has 5 heteroatoms. The molecule has 0 amide bonds. The van der Waals surface area contributed by atoms with E-state index in [1.54, 1.807) is 0 Å². The van der Waals surface area contributed by atoms with Crippen molar-refractivity contribution in [3.8, 4) is 5.88 Å². The summed E-state index contributed by atoms with van der Waals surface area (Å²) in [6.07, 6.45) is 1.38. The van der Waals surface area contributed by atoms with Gasteiger partial charge in [0, 0.05) is 10.6 Å². The standard InChI is InChI=1S/C12H10Cl2N2O/c1-8-11(14)15-7-16-12(8)17-6-9-3-2-4-10(13)5-9/h2-5,7H,6H2,1H3. The second-order valence-electron chi connectivity index (χ2n) is 3.51. The Morgan fingerprint density at radius 2 is 2.06 bits per heavy atom. The molecule has 0 unspecified atom stereocenters. The molecule has 0 radical (unpaired) electrons. The van der Waals surface area contributed by atoms with E-state index in [0.29, 0.717) is 22.7 Å². The molecule has 0 spiro atoms. The van der Waals surface area contributed by atoms with Crippen LogP contribution < -0.4 is 4.74 Å². The van der Waals surface area contributed by atoms with E-state index in [2.05, 4.69) is 9.97 Å². The van der Waals surface area contributed by atoms with Crippen molar-refractivity contribution in [2.75, 3.05) is 0 Å². The Morgan fingerprint density at radius 1 is 1.24 bits per heavy atom. The van der Waals surface area contributed by atoms with Gasteiger partial charge in [0.2, 0.25) is 5.88 Å². The first-order valence-corrected chi connectivity index (χ1v) is 5.77. The van der Waals surface area contributed by atoms with Crippen LogP contribution >= 0.6 is 23.2 Å². The lowest BCUT2D eigenvalue weighted by molar-refractivity contribution is 0.291. The van der Waals surface area contributed by atoms with Gasteiger partial charge >= 0.3 is 0 Å². The fourth-order valence-electron chi connectivity index (χ4n) is 1.34. The summed E-state index contributed by atoms with van der Waals surface area (Å²) in [6.45, 7) is 2.21. The zero-order valence-electron chi connectivity index (χ0n) is 9.15. The summed E-state index contributed by atoms with van der Waals surface area (Å²) < 4.78 is 5.56. The molecule has 0 aliphatic carbocycles. The highest BCUT2D eigenvalue weighted by Crippen LogP contribution is 2.21. The number of aromatic nitrogens is 2. The van der Waals surface area contributed by atoms with E-state index in [9.17, 15) is 0 Å². The average molecular weight is 269 g/mol. The van der Waals surface area contributed by atoms with E-state index in [1.807, 2.05) is 31.2 Å². The largest absolute Gasteiger partial charge is 0.472 e. The van der Waals surface area contributed by atoms with E-state index < -0.39 is 0 Å². The quantitative estimate of drug-likeness (QED) is 0.797. The number of ether oxygens (including phenoxy) is 1. The molecular weight excluding hydrogens is 259 g/mol. The topological polar surface area (TPSA) is 35.0 Å². The Kier molecular flexibility index (Phi) is 3.82. The Morgan fingerprint density at radius 3 is 2.82 bits per heavy atom. The smallest absolute Gasteiger partial charge is 0.221 e. The SMILES string of the molecule is Cc1c(Cl)ncnc1OCc1cccc(Cl)c1. The molecular formula is C12H10Cl2N2O. The zero-order chi connectivity index (χ0) is 12.3. The molecule has 0 saturated carbocycles. The highest BCUT2D eigenvalue weighted by Gasteiger charge is 2.06. The van der Waals surface area contributed by atoms with Crippen LogP contribution in [0.25, 0.3) is 0 Å². The maximum absolute atomic E-state index is 5.88. The maximum Gasteiger partial charge on any atom is 0.221 e. The summed E-state index contributed by atoms with van der Waals surface area (Å²) in [5, 5.41) is 1.09. The van der Waals surface area contributed by atoms with E-state index in [4.69, 9.17) is 27.9 Å². The number of hydrogen-bond acceptors (Lipinski definition) is 3. The van der Waals surface area contributed by atoms with Crippen molar-refractivity contribution in [3.05, 3.63) is 51.9 Å². The van der Waals surface area contributed by atoms with Crippen molar-refractivity contribution >= 4 is 23.2 Å². The molecule has 88 valence electrons. The molecule has 0 N–H and O–H groups in total. The second-order valence-corrected chi connectivity index (χ2v) is 4.31. The Labute approximate surface area is 109 Å². The molecule has 0 atom stereocenters. The van der Waals surface area contributed by atoms with Gasteiger partial charge in [-0.3, -0.25) is 0 Å². The fourth-order valence-corrected chi connectivity index (χ4v) is 1.68. The van der Waals surface area contributed by atoms with E-state index >= 15 is 0 Å². The number of benzene rings is 1. The minimum absolute atomic E-state index is 0.398. The molecule has 0 fully saturated rings. The third kappa shape index (κ3) is 3.08. The van der Waals surface area contributed by atoms with Crippen molar-refractivity contribution in [2.24, 2.45) is 0 Å². The monoisotopic (exact) mass is 268 g/mol. The van der Waals surface area contributed by atoms with E-state index in [-0.39, 0.29) is 0 Å². The Balaban J connectivity index is 2.10. The summed E-state index contributed by atoms with van der Waals surface area (Å²) in [4.78, 5) is 7.89. The van der Waals surface area contributed by atoms with Gasteiger partial charge in [-0.2, -0.15) is 0 Å². The number of halogens is 2. The lowest BCUT2D eigenvalue weighted by Crippen LogP contribution is -2.00. The van der Waals surface area contributed by atoms with Crippen LogP contribution in [0.1, 0.15) is 11.1 Å². The Bertz CT molecular complexity index is 532. The van der Waals surface area contributed by atoms with Gasteiger partial charge in [0.1, 0.15) is 18.1 Å². The predicted octanol–water partition coefficient (Wildman–Crippen LogP) is 3.67. The van der Waals surface area contributed by atoms with Gasteiger partial charge in [0.25, 0.3) is 0 Å². The molecule has 2 aromatic rings. The minimum Gasteiger partial charge on any atom is -0.472 e. The first kappa shape index (κ1) is 12.1. The summed E-state index contributed by atoms with van der Waals surface area (Å²) in [5.74, 6) is 0.491. The Hall–Kier alpha value is -1.32. The van der Waals surface area contributed by atoms with Crippen molar-refractivity contribution in [1.82, 2.24) is 9.97 Å². The fraction of sp³-hybridized carbons (Fsp3) is 0.167. The molecule has 17 heavy (non-hydrogen) atoms. The summed E-state index contributed by atoms with van der Waals surface area (Å²) in [5.41, 5.74) is 1.71. The van der Waals surface area contributed by atoms with Crippen LogP contribution in [-0.4, -0.2) is 9.97 Å². The van der Waals surface area contributed by atoms with E-state index in [0.717, 1.165) is 11.1 Å². The van der Waals surface area contributed by atoms with Gasteiger partial charge < -0.3 is 4.74 Å². The molecule has 3 nitrogen and oxygen atoms in total. The molecule has 0 aliphatic rings. The van der Waals surface area contributed by atoms with Crippen LogP contribution in [0.3, 0.4) is 0 Å². The van der Waals surface area contributed by atoms with Crippen LogP contribution in [0.4, 0.5) is 0 Å². The highest BCUT2D eigenvalue weighted by molar-refractivity contribution is 6.30. The molecule has 1 aromatic carbocycles. The van der Waals surface area contributed by atoms with Crippen LogP contribution in [0.5, 0.6) is 5.88 Å². The lowest BCUT2D eigenvalue weighted by atomic mass is 10.2. The first-order valence-electron chi connectivity index (χ1n) is 5.01. The van der Waals surface area contributed by atoms with Gasteiger partial charge in [-0.05, 0) is 24.6 Å². The third-order valence-corrected chi connectivity index (χ3v) is 2.86. The summed E-state index contributed by atoms with van der Waals surface area (Å²) in [6, 6.07) is 7.47. The van der Waals surface area contributed by atoms with Crippen molar-refractivity contribution in [3.63, 3.8) is 0 Å². The summed E-state index contributed by atoms with van der Waals surface area (Å²) >= 11 is 11.7. The third-order valence-electron chi connectivity index (χ3n) is 2.24. The highest BCUT2D eigenvalue weighted by atomic mass is 35.5. The lowest BCUT2D eigenvalue weighted by Gasteiger charge is -2.08. The van der Waals surface area contributed by atoms with Crippen LogP contribution in [-0.2, 0) is 6.61 Å². The maximum atomic E-state index is 5.88. The van der Waals surface area contributed by atoms with Crippen LogP contribution in [0, 0.1) is 6.92 Å². The molecule has 1 aromatic heterocycles. The number of rotatable bonds is 3. The van der Waals surface area contributed by atoms with Gasteiger partial charge in [-0.25, -0.2) is 9.97 Å². The minimum atomic E-state index is 0.398. The van der Waals surface area contributed by atoms with Crippen molar-refractivity contribution in [1.29, 1.82) is 0 Å². The normalized spacial score (nSPS) is 10.3.